The summed E-state index contributed by atoms with van der Waals surface area (Å²) >= 11 is 0. The summed E-state index contributed by atoms with van der Waals surface area (Å²) in [4.78, 5) is 2.31. The molecule has 2 aromatic rings. The molecule has 2 N–H and O–H groups in total. The van der Waals surface area contributed by atoms with E-state index in [0.717, 1.165) is 31.8 Å². The van der Waals surface area contributed by atoms with E-state index in [4.69, 9.17) is 4.74 Å². The van der Waals surface area contributed by atoms with E-state index in [2.05, 4.69) is 65.0 Å². The van der Waals surface area contributed by atoms with Crippen molar-refractivity contribution in [2.45, 2.75) is 37.9 Å². The fourth-order valence-corrected chi connectivity index (χ4v) is 4.32. The Balaban J connectivity index is 1.51. The van der Waals surface area contributed by atoms with Gasteiger partial charge in [-0.2, -0.15) is 0 Å². The number of likely N-dealkylation sites (N-methyl/N-ethyl adjacent to an activating group) is 1. The Labute approximate surface area is 156 Å². The summed E-state index contributed by atoms with van der Waals surface area (Å²) in [6, 6.07) is 16.1. The van der Waals surface area contributed by atoms with E-state index in [9.17, 15) is 0 Å². The first-order valence-electron chi connectivity index (χ1n) is 9.69. The van der Waals surface area contributed by atoms with Crippen molar-refractivity contribution in [3.63, 3.8) is 0 Å². The van der Waals surface area contributed by atoms with Crippen LogP contribution in [0.15, 0.2) is 42.5 Å². The Kier molecular flexibility index (Phi) is 5.14. The highest BCUT2D eigenvalue weighted by molar-refractivity contribution is 5.62. The quantitative estimate of drug-likeness (QED) is 0.867. The van der Waals surface area contributed by atoms with E-state index >= 15 is 0 Å². The number of benzene rings is 2. The molecular weight excluding hydrogens is 322 g/mol. The Morgan fingerprint density at radius 2 is 2.08 bits per heavy atom. The van der Waals surface area contributed by atoms with E-state index in [1.165, 1.54) is 35.2 Å². The number of anilines is 1. The largest absolute Gasteiger partial charge is 0.496 e. The van der Waals surface area contributed by atoms with Crippen molar-refractivity contribution in [2.24, 2.45) is 0 Å². The lowest BCUT2D eigenvalue weighted by Gasteiger charge is -2.34. The molecule has 0 amide bonds. The molecule has 2 aliphatic rings. The van der Waals surface area contributed by atoms with Crippen molar-refractivity contribution in [3.05, 3.63) is 59.2 Å². The van der Waals surface area contributed by atoms with Gasteiger partial charge in [-0.1, -0.05) is 30.3 Å². The minimum Gasteiger partial charge on any atom is -0.496 e. The van der Waals surface area contributed by atoms with Crippen molar-refractivity contribution < 1.29 is 4.74 Å². The lowest BCUT2D eigenvalue weighted by molar-refractivity contribution is 0.303. The standard InChI is InChI=1S/C22H29N3O/c1-25-12-10-17-13-18(21(26-2)14-20(17)25)15-24-19-9-6-11-23-22(19)16-7-4-3-5-8-16/h3-5,7-8,13-14,19,22-24H,6,9-12,15H2,1-2H3. The number of nitrogens with one attached hydrogen (secondary N) is 2. The van der Waals surface area contributed by atoms with Crippen LogP contribution in [0.2, 0.25) is 0 Å². The Morgan fingerprint density at radius 3 is 2.88 bits per heavy atom. The molecule has 2 aliphatic heterocycles. The SMILES string of the molecule is COc1cc2c(cc1CNC1CCCNC1c1ccccc1)CCN2C. The third kappa shape index (κ3) is 3.44. The number of piperidine rings is 1. The molecule has 138 valence electrons. The van der Waals surface area contributed by atoms with Gasteiger partial charge in [0, 0.05) is 49.5 Å². The third-order valence-corrected chi connectivity index (χ3v) is 5.78. The van der Waals surface area contributed by atoms with Gasteiger partial charge in [-0.05, 0) is 43.0 Å². The van der Waals surface area contributed by atoms with Gasteiger partial charge in [0.25, 0.3) is 0 Å². The normalized spacial score (nSPS) is 22.3. The number of rotatable bonds is 5. The van der Waals surface area contributed by atoms with Crippen LogP contribution in [0.1, 0.15) is 35.6 Å². The van der Waals surface area contributed by atoms with Gasteiger partial charge in [0.05, 0.1) is 7.11 Å². The molecule has 26 heavy (non-hydrogen) atoms. The smallest absolute Gasteiger partial charge is 0.125 e. The molecule has 0 aromatic heterocycles. The lowest BCUT2D eigenvalue weighted by atomic mass is 9.92. The second-order valence-electron chi connectivity index (χ2n) is 7.44. The minimum atomic E-state index is 0.372. The molecule has 0 saturated carbocycles. The van der Waals surface area contributed by atoms with Gasteiger partial charge in [0.2, 0.25) is 0 Å². The summed E-state index contributed by atoms with van der Waals surface area (Å²) in [5.41, 5.74) is 5.38. The molecule has 2 atom stereocenters. The van der Waals surface area contributed by atoms with Gasteiger partial charge < -0.3 is 20.3 Å². The molecule has 0 bridgehead atoms. The molecule has 2 heterocycles. The highest BCUT2D eigenvalue weighted by atomic mass is 16.5. The van der Waals surface area contributed by atoms with Gasteiger partial charge in [0.1, 0.15) is 5.75 Å². The first-order valence-corrected chi connectivity index (χ1v) is 9.69. The molecule has 1 fully saturated rings. The van der Waals surface area contributed by atoms with Crippen molar-refractivity contribution in [3.8, 4) is 5.75 Å². The predicted octanol–water partition coefficient (Wildman–Crippen LogP) is 3.27. The van der Waals surface area contributed by atoms with E-state index in [1.807, 2.05) is 0 Å². The zero-order chi connectivity index (χ0) is 17.9. The third-order valence-electron chi connectivity index (χ3n) is 5.78. The van der Waals surface area contributed by atoms with Gasteiger partial charge >= 0.3 is 0 Å². The second-order valence-corrected chi connectivity index (χ2v) is 7.44. The van der Waals surface area contributed by atoms with E-state index in [0.29, 0.717) is 12.1 Å². The van der Waals surface area contributed by atoms with Crippen LogP contribution < -0.4 is 20.3 Å². The number of methoxy groups -OCH3 is 1. The zero-order valence-electron chi connectivity index (χ0n) is 15.8. The molecule has 0 aliphatic carbocycles. The summed E-state index contributed by atoms with van der Waals surface area (Å²) in [5.74, 6) is 0.991. The molecule has 4 rings (SSSR count). The summed E-state index contributed by atoms with van der Waals surface area (Å²) in [6.45, 7) is 3.03. The minimum absolute atomic E-state index is 0.372. The van der Waals surface area contributed by atoms with Crippen LogP contribution >= 0.6 is 0 Å². The summed E-state index contributed by atoms with van der Waals surface area (Å²) in [5, 5.41) is 7.50. The Morgan fingerprint density at radius 1 is 1.23 bits per heavy atom. The molecule has 0 spiro atoms. The maximum Gasteiger partial charge on any atom is 0.125 e. The maximum atomic E-state index is 5.69. The topological polar surface area (TPSA) is 36.5 Å². The van der Waals surface area contributed by atoms with E-state index < -0.39 is 0 Å². The number of hydrogen-bond donors (Lipinski definition) is 2. The van der Waals surface area contributed by atoms with Crippen LogP contribution in [0, 0.1) is 0 Å². The first-order chi connectivity index (χ1) is 12.8. The fraction of sp³-hybridized carbons (Fsp3) is 0.455. The summed E-state index contributed by atoms with van der Waals surface area (Å²) in [6.07, 6.45) is 3.54. The average molecular weight is 351 g/mol. The van der Waals surface area contributed by atoms with Crippen molar-refractivity contribution >= 4 is 5.69 Å². The van der Waals surface area contributed by atoms with Crippen LogP contribution in [0.3, 0.4) is 0 Å². The molecule has 2 aromatic carbocycles. The van der Waals surface area contributed by atoms with Crippen LogP contribution in [0.5, 0.6) is 5.75 Å². The monoisotopic (exact) mass is 351 g/mol. The molecule has 1 saturated heterocycles. The summed E-state index contributed by atoms with van der Waals surface area (Å²) < 4.78 is 5.69. The Bertz CT molecular complexity index is 747. The molecule has 4 heteroatoms. The number of fused-ring (bicyclic) bond motifs is 1. The number of hydrogen-bond acceptors (Lipinski definition) is 4. The highest BCUT2D eigenvalue weighted by Crippen LogP contribution is 2.34. The average Bonchev–Trinajstić information content (AvgIpc) is 3.06. The number of nitrogens with zero attached hydrogens (tertiary/aromatic N) is 1. The van der Waals surface area contributed by atoms with Gasteiger partial charge in [-0.15, -0.1) is 0 Å². The molecular formula is C22H29N3O. The van der Waals surface area contributed by atoms with E-state index in [-0.39, 0.29) is 0 Å². The van der Waals surface area contributed by atoms with Gasteiger partial charge in [-0.3, -0.25) is 0 Å². The Hall–Kier alpha value is -2.04. The van der Waals surface area contributed by atoms with Crippen LogP contribution in [0.25, 0.3) is 0 Å². The lowest BCUT2D eigenvalue weighted by Crippen LogP contribution is -2.45. The molecule has 4 nitrogen and oxygen atoms in total. The van der Waals surface area contributed by atoms with E-state index in [1.54, 1.807) is 7.11 Å². The predicted molar refractivity (Wildman–Crippen MR) is 107 cm³/mol. The fourth-order valence-electron chi connectivity index (χ4n) is 4.32. The van der Waals surface area contributed by atoms with Gasteiger partial charge in [-0.25, -0.2) is 0 Å². The zero-order valence-corrected chi connectivity index (χ0v) is 15.8. The maximum absolute atomic E-state index is 5.69. The highest BCUT2D eigenvalue weighted by Gasteiger charge is 2.26. The summed E-state index contributed by atoms with van der Waals surface area (Å²) in [7, 11) is 3.93. The molecule has 0 radical (unpaired) electrons. The second kappa shape index (κ2) is 7.68. The van der Waals surface area contributed by atoms with Crippen LogP contribution in [-0.2, 0) is 13.0 Å². The van der Waals surface area contributed by atoms with Gasteiger partial charge in [0.15, 0.2) is 0 Å². The first kappa shape index (κ1) is 17.4. The molecule has 2 unspecified atom stereocenters. The van der Waals surface area contributed by atoms with Crippen molar-refractivity contribution in [1.82, 2.24) is 10.6 Å². The van der Waals surface area contributed by atoms with Crippen LogP contribution in [0.4, 0.5) is 5.69 Å². The van der Waals surface area contributed by atoms with Crippen molar-refractivity contribution in [1.29, 1.82) is 0 Å². The number of ether oxygens (including phenoxy) is 1. The van der Waals surface area contributed by atoms with Crippen molar-refractivity contribution in [2.75, 3.05) is 32.1 Å². The van der Waals surface area contributed by atoms with Crippen LogP contribution in [-0.4, -0.2) is 33.3 Å².